The summed E-state index contributed by atoms with van der Waals surface area (Å²) in [6, 6.07) is 9.76. The van der Waals surface area contributed by atoms with E-state index in [-0.39, 0.29) is 34.2 Å². The number of nitro benzene ring substituents is 1. The number of benzene rings is 2. The molecule has 27 heavy (non-hydrogen) atoms. The number of nitro groups is 1. The molecular weight excluding hydrogens is 417 g/mol. The van der Waals surface area contributed by atoms with E-state index >= 15 is 0 Å². The smallest absolute Gasteiger partial charge is 0.338 e. The van der Waals surface area contributed by atoms with Crippen LogP contribution in [0.3, 0.4) is 0 Å². The van der Waals surface area contributed by atoms with Crippen LogP contribution in [-0.4, -0.2) is 27.6 Å². The van der Waals surface area contributed by atoms with Gasteiger partial charge in [-0.2, -0.15) is 0 Å². The SMILES string of the molecule is O=C(OC[C@@H]1CC1(Cl)Cl)c1ccccc1C(=O)c1ccc(Cl)c([N+](=O)[O-])c1. The average Bonchev–Trinajstić information content (AvgIpc) is 3.26. The number of rotatable bonds is 6. The van der Waals surface area contributed by atoms with Crippen LogP contribution >= 0.6 is 34.8 Å². The lowest BCUT2D eigenvalue weighted by Gasteiger charge is -2.09. The van der Waals surface area contributed by atoms with Crippen LogP contribution in [0.4, 0.5) is 5.69 Å². The van der Waals surface area contributed by atoms with E-state index in [2.05, 4.69) is 0 Å². The van der Waals surface area contributed by atoms with Crippen molar-refractivity contribution in [2.45, 2.75) is 10.8 Å². The summed E-state index contributed by atoms with van der Waals surface area (Å²) < 4.78 is 4.33. The third kappa shape index (κ3) is 4.24. The van der Waals surface area contributed by atoms with Gasteiger partial charge in [0.25, 0.3) is 5.69 Å². The maximum absolute atomic E-state index is 12.8. The summed E-state index contributed by atoms with van der Waals surface area (Å²) in [4.78, 5) is 35.5. The predicted octanol–water partition coefficient (Wildman–Crippen LogP) is 4.83. The molecule has 2 aromatic rings. The molecule has 1 saturated carbocycles. The molecule has 2 aromatic carbocycles. The van der Waals surface area contributed by atoms with Crippen LogP contribution in [0, 0.1) is 16.0 Å². The highest BCUT2D eigenvalue weighted by atomic mass is 35.5. The normalized spacial score (nSPS) is 17.2. The van der Waals surface area contributed by atoms with Gasteiger partial charge in [-0.3, -0.25) is 14.9 Å². The largest absolute Gasteiger partial charge is 0.462 e. The molecule has 0 amide bonds. The number of nitrogens with zero attached hydrogens (tertiary/aromatic N) is 1. The topological polar surface area (TPSA) is 86.5 Å². The van der Waals surface area contributed by atoms with Crippen LogP contribution in [0.2, 0.25) is 5.02 Å². The monoisotopic (exact) mass is 427 g/mol. The van der Waals surface area contributed by atoms with Gasteiger partial charge in [0.2, 0.25) is 0 Å². The average molecular weight is 429 g/mol. The molecule has 1 atom stereocenters. The van der Waals surface area contributed by atoms with Crippen molar-refractivity contribution in [3.63, 3.8) is 0 Å². The van der Waals surface area contributed by atoms with Crippen LogP contribution in [0.15, 0.2) is 42.5 Å². The molecule has 0 aliphatic heterocycles. The third-order valence-electron chi connectivity index (χ3n) is 4.17. The summed E-state index contributed by atoms with van der Waals surface area (Å²) >= 11 is 17.6. The van der Waals surface area contributed by atoms with Gasteiger partial charge in [-0.05, 0) is 24.6 Å². The molecule has 3 rings (SSSR count). The fourth-order valence-corrected chi connectivity index (χ4v) is 3.20. The fourth-order valence-electron chi connectivity index (χ4n) is 2.51. The molecule has 0 heterocycles. The minimum atomic E-state index is -0.877. The molecule has 0 spiro atoms. The van der Waals surface area contributed by atoms with Crippen molar-refractivity contribution in [2.75, 3.05) is 6.61 Å². The number of alkyl halides is 2. The molecular formula is C18H12Cl3NO5. The molecule has 0 saturated heterocycles. The molecule has 1 aliphatic rings. The second-order valence-corrected chi connectivity index (χ2v) is 8.01. The Labute approximate surface area is 169 Å². The third-order valence-corrected chi connectivity index (χ3v) is 5.41. The van der Waals surface area contributed by atoms with Crippen molar-refractivity contribution in [1.29, 1.82) is 0 Å². The molecule has 0 N–H and O–H groups in total. The molecule has 0 unspecified atom stereocenters. The van der Waals surface area contributed by atoms with E-state index in [0.29, 0.717) is 6.42 Å². The van der Waals surface area contributed by atoms with E-state index in [1.807, 2.05) is 0 Å². The zero-order chi connectivity index (χ0) is 19.8. The Balaban J connectivity index is 1.85. The summed E-state index contributed by atoms with van der Waals surface area (Å²) in [6.07, 6.45) is 0.526. The van der Waals surface area contributed by atoms with E-state index in [1.54, 1.807) is 12.1 Å². The zero-order valence-electron chi connectivity index (χ0n) is 13.7. The van der Waals surface area contributed by atoms with Gasteiger partial charge in [-0.15, -0.1) is 23.2 Å². The Hall–Kier alpha value is -2.15. The standard InChI is InChI=1S/C18H12Cl3NO5/c19-14-6-5-10(7-15(14)22(25)26)16(23)12-3-1-2-4-13(12)17(24)27-9-11-8-18(11,20)21/h1-7,11H,8-9H2/t11-/m0/s1. The number of halogens is 3. The predicted molar refractivity (Wildman–Crippen MR) is 101 cm³/mol. The van der Waals surface area contributed by atoms with Crippen molar-refractivity contribution >= 4 is 52.2 Å². The van der Waals surface area contributed by atoms with E-state index in [0.717, 1.165) is 6.07 Å². The lowest BCUT2D eigenvalue weighted by molar-refractivity contribution is -0.384. The van der Waals surface area contributed by atoms with Crippen molar-refractivity contribution in [2.24, 2.45) is 5.92 Å². The van der Waals surface area contributed by atoms with Crippen LogP contribution < -0.4 is 0 Å². The Morgan fingerprint density at radius 2 is 1.81 bits per heavy atom. The minimum absolute atomic E-state index is 0.0362. The Bertz CT molecular complexity index is 944. The van der Waals surface area contributed by atoms with Gasteiger partial charge >= 0.3 is 5.97 Å². The molecule has 0 aromatic heterocycles. The number of hydrogen-bond donors (Lipinski definition) is 0. The summed E-state index contributed by atoms with van der Waals surface area (Å²) in [5, 5.41) is 10.9. The quantitative estimate of drug-likeness (QED) is 0.216. The Kier molecular flexibility index (Phi) is 5.42. The van der Waals surface area contributed by atoms with E-state index in [4.69, 9.17) is 39.5 Å². The fraction of sp³-hybridized carbons (Fsp3) is 0.222. The highest BCUT2D eigenvalue weighted by Gasteiger charge is 2.52. The van der Waals surface area contributed by atoms with Crippen molar-refractivity contribution in [3.8, 4) is 0 Å². The van der Waals surface area contributed by atoms with Gasteiger partial charge in [0.15, 0.2) is 5.78 Å². The van der Waals surface area contributed by atoms with Crippen LogP contribution in [-0.2, 0) is 4.74 Å². The van der Waals surface area contributed by atoms with Crippen LogP contribution in [0.1, 0.15) is 32.7 Å². The molecule has 1 fully saturated rings. The second-order valence-electron chi connectivity index (χ2n) is 6.06. The van der Waals surface area contributed by atoms with E-state index < -0.39 is 26.7 Å². The lowest BCUT2D eigenvalue weighted by Crippen LogP contribution is -2.14. The zero-order valence-corrected chi connectivity index (χ0v) is 15.9. The first-order valence-electron chi connectivity index (χ1n) is 7.83. The minimum Gasteiger partial charge on any atom is -0.462 e. The lowest BCUT2D eigenvalue weighted by atomic mass is 9.98. The maximum Gasteiger partial charge on any atom is 0.338 e. The first kappa shape index (κ1) is 19.6. The second kappa shape index (κ2) is 7.46. The Morgan fingerprint density at radius 1 is 1.19 bits per heavy atom. The molecule has 1 aliphatic carbocycles. The van der Waals surface area contributed by atoms with Crippen molar-refractivity contribution in [3.05, 3.63) is 74.3 Å². The summed E-state index contributed by atoms with van der Waals surface area (Å²) in [6.45, 7) is 0.0424. The molecule has 6 nitrogen and oxygen atoms in total. The first-order valence-corrected chi connectivity index (χ1v) is 8.96. The number of carbonyl (C=O) groups is 2. The number of carbonyl (C=O) groups excluding carboxylic acids is 2. The molecule has 0 bridgehead atoms. The van der Waals surface area contributed by atoms with Gasteiger partial charge < -0.3 is 4.74 Å². The van der Waals surface area contributed by atoms with Crippen molar-refractivity contribution in [1.82, 2.24) is 0 Å². The van der Waals surface area contributed by atoms with Gasteiger partial charge in [-0.1, -0.05) is 29.8 Å². The van der Waals surface area contributed by atoms with Gasteiger partial charge in [0.1, 0.15) is 9.36 Å². The number of esters is 1. The molecule has 0 radical (unpaired) electrons. The van der Waals surface area contributed by atoms with Gasteiger partial charge in [0.05, 0.1) is 17.1 Å². The van der Waals surface area contributed by atoms with Crippen molar-refractivity contribution < 1.29 is 19.2 Å². The number of hydrogen-bond acceptors (Lipinski definition) is 5. The molecule has 140 valence electrons. The Morgan fingerprint density at radius 3 is 2.41 bits per heavy atom. The summed E-state index contributed by atoms with van der Waals surface area (Å²) in [5.41, 5.74) is -0.237. The van der Waals surface area contributed by atoms with Gasteiger partial charge in [0, 0.05) is 23.1 Å². The van der Waals surface area contributed by atoms with Crippen LogP contribution in [0.25, 0.3) is 0 Å². The van der Waals surface area contributed by atoms with Gasteiger partial charge in [-0.25, -0.2) is 4.79 Å². The van der Waals surface area contributed by atoms with Crippen LogP contribution in [0.5, 0.6) is 0 Å². The maximum atomic E-state index is 12.8. The van der Waals surface area contributed by atoms with E-state index in [9.17, 15) is 19.7 Å². The summed E-state index contributed by atoms with van der Waals surface area (Å²) in [7, 11) is 0. The number of ether oxygens (including phenoxy) is 1. The molecule has 9 heteroatoms. The highest BCUT2D eigenvalue weighted by Crippen LogP contribution is 2.53. The summed E-state index contributed by atoms with van der Waals surface area (Å²) in [5.74, 6) is -1.40. The van der Waals surface area contributed by atoms with E-state index in [1.165, 1.54) is 24.3 Å². The number of ketones is 1. The first-order chi connectivity index (χ1) is 12.7. The highest BCUT2D eigenvalue weighted by molar-refractivity contribution is 6.50.